The van der Waals surface area contributed by atoms with E-state index in [1.54, 1.807) is 16.7 Å². The third-order valence-corrected chi connectivity index (χ3v) is 3.71. The Morgan fingerprint density at radius 2 is 2.06 bits per heavy atom. The first-order chi connectivity index (χ1) is 8.59. The van der Waals surface area contributed by atoms with E-state index < -0.39 is 4.92 Å². The fraction of sp³-hybridized carbons (Fsp3) is 0.364. The number of nitrogens with two attached hydrogens (primary N) is 1. The van der Waals surface area contributed by atoms with E-state index in [4.69, 9.17) is 5.73 Å². The van der Waals surface area contributed by atoms with Crippen molar-refractivity contribution in [2.24, 2.45) is 0 Å². The summed E-state index contributed by atoms with van der Waals surface area (Å²) in [6.07, 6.45) is 0. The zero-order valence-electron chi connectivity index (χ0n) is 9.67. The highest BCUT2D eigenvalue weighted by molar-refractivity contribution is 7.99. The summed E-state index contributed by atoms with van der Waals surface area (Å²) in [5, 5.41) is 10.8. The summed E-state index contributed by atoms with van der Waals surface area (Å²) >= 11 is 1.80. The molecular weight excluding hydrogens is 254 g/mol. The molecule has 18 heavy (non-hydrogen) atoms. The van der Waals surface area contributed by atoms with Gasteiger partial charge in [-0.2, -0.15) is 11.8 Å². The first-order valence-corrected chi connectivity index (χ1v) is 6.66. The van der Waals surface area contributed by atoms with Crippen molar-refractivity contribution in [3.8, 4) is 0 Å². The van der Waals surface area contributed by atoms with Crippen LogP contribution in [-0.4, -0.2) is 40.3 Å². The molecule has 0 unspecified atom stereocenters. The molecule has 6 nitrogen and oxygen atoms in total. The maximum atomic E-state index is 12.1. The number of hydrogen-bond donors (Lipinski definition) is 1. The average Bonchev–Trinajstić information content (AvgIpc) is 2.39. The number of nitro benzene ring substituents is 1. The summed E-state index contributed by atoms with van der Waals surface area (Å²) in [4.78, 5) is 24.1. The summed E-state index contributed by atoms with van der Waals surface area (Å²) in [6.45, 7) is 1.36. The van der Waals surface area contributed by atoms with Gasteiger partial charge in [0.25, 0.3) is 11.6 Å². The molecule has 1 amide bonds. The van der Waals surface area contributed by atoms with Gasteiger partial charge in [-0.1, -0.05) is 0 Å². The Morgan fingerprint density at radius 1 is 1.39 bits per heavy atom. The van der Waals surface area contributed by atoms with E-state index in [-0.39, 0.29) is 17.3 Å². The average molecular weight is 267 g/mol. The van der Waals surface area contributed by atoms with Gasteiger partial charge in [0.1, 0.15) is 5.69 Å². The Labute approximate surface area is 108 Å². The lowest BCUT2D eigenvalue weighted by molar-refractivity contribution is -0.383. The highest BCUT2D eigenvalue weighted by Crippen LogP contribution is 2.23. The lowest BCUT2D eigenvalue weighted by Gasteiger charge is -2.26. The molecule has 1 aromatic carbocycles. The standard InChI is InChI=1S/C11H13N3O3S/c12-9-2-1-8(7-10(9)14(16)17)11(15)13-3-5-18-6-4-13/h1-2,7H,3-6,12H2. The van der Waals surface area contributed by atoms with Gasteiger partial charge in [-0.25, -0.2) is 0 Å². The molecule has 0 radical (unpaired) electrons. The molecule has 1 fully saturated rings. The summed E-state index contributed by atoms with van der Waals surface area (Å²) in [7, 11) is 0. The molecule has 1 aliphatic heterocycles. The number of benzene rings is 1. The molecule has 2 rings (SSSR count). The van der Waals surface area contributed by atoms with Crippen LogP contribution < -0.4 is 5.73 Å². The van der Waals surface area contributed by atoms with Crippen LogP contribution in [0.25, 0.3) is 0 Å². The van der Waals surface area contributed by atoms with Crippen LogP contribution in [0.1, 0.15) is 10.4 Å². The summed E-state index contributed by atoms with van der Waals surface area (Å²) in [5.41, 5.74) is 5.68. The minimum absolute atomic E-state index is 0.0748. The quantitative estimate of drug-likeness (QED) is 0.496. The Kier molecular flexibility index (Phi) is 3.71. The number of carbonyl (C=O) groups is 1. The van der Waals surface area contributed by atoms with Gasteiger partial charge < -0.3 is 10.6 Å². The lowest BCUT2D eigenvalue weighted by Crippen LogP contribution is -2.37. The maximum Gasteiger partial charge on any atom is 0.292 e. The number of amides is 1. The van der Waals surface area contributed by atoms with Gasteiger partial charge in [-0.3, -0.25) is 14.9 Å². The molecule has 0 aromatic heterocycles. The van der Waals surface area contributed by atoms with E-state index in [0.29, 0.717) is 18.7 Å². The molecule has 1 saturated heterocycles. The van der Waals surface area contributed by atoms with Gasteiger partial charge in [0.05, 0.1) is 4.92 Å². The summed E-state index contributed by atoms with van der Waals surface area (Å²) in [6, 6.07) is 4.19. The van der Waals surface area contributed by atoms with Crippen LogP contribution in [0.4, 0.5) is 11.4 Å². The molecule has 1 heterocycles. The van der Waals surface area contributed by atoms with Gasteiger partial charge in [0, 0.05) is 36.2 Å². The minimum atomic E-state index is -0.571. The zero-order valence-corrected chi connectivity index (χ0v) is 10.5. The van der Waals surface area contributed by atoms with Crippen LogP contribution in [-0.2, 0) is 0 Å². The van der Waals surface area contributed by atoms with Gasteiger partial charge in [0.15, 0.2) is 0 Å². The van der Waals surface area contributed by atoms with Crippen molar-refractivity contribution in [1.82, 2.24) is 4.90 Å². The predicted molar refractivity (Wildman–Crippen MR) is 70.7 cm³/mol. The highest BCUT2D eigenvalue weighted by atomic mass is 32.2. The molecule has 0 atom stereocenters. The number of nitrogens with zero attached hydrogens (tertiary/aromatic N) is 2. The minimum Gasteiger partial charge on any atom is -0.393 e. The van der Waals surface area contributed by atoms with Gasteiger partial charge >= 0.3 is 0 Å². The van der Waals surface area contributed by atoms with E-state index >= 15 is 0 Å². The molecule has 1 aromatic rings. The number of nitrogen functional groups attached to an aromatic ring is 1. The third kappa shape index (κ3) is 2.56. The first-order valence-electron chi connectivity index (χ1n) is 5.50. The lowest BCUT2D eigenvalue weighted by atomic mass is 10.1. The molecular formula is C11H13N3O3S. The number of carbonyl (C=O) groups excluding carboxylic acids is 1. The molecule has 7 heteroatoms. The predicted octanol–water partition coefficient (Wildman–Crippen LogP) is 1.37. The van der Waals surface area contributed by atoms with E-state index in [1.807, 2.05) is 0 Å². The zero-order chi connectivity index (χ0) is 13.1. The smallest absolute Gasteiger partial charge is 0.292 e. The van der Waals surface area contributed by atoms with Gasteiger partial charge in [-0.15, -0.1) is 0 Å². The summed E-state index contributed by atoms with van der Waals surface area (Å²) < 4.78 is 0. The van der Waals surface area contributed by atoms with Crippen molar-refractivity contribution in [3.63, 3.8) is 0 Å². The Balaban J connectivity index is 2.24. The molecule has 0 saturated carbocycles. The fourth-order valence-electron chi connectivity index (χ4n) is 1.78. The van der Waals surface area contributed by atoms with E-state index in [1.165, 1.54) is 18.2 Å². The van der Waals surface area contributed by atoms with Crippen molar-refractivity contribution < 1.29 is 9.72 Å². The fourth-order valence-corrected chi connectivity index (χ4v) is 2.69. The van der Waals surface area contributed by atoms with E-state index in [0.717, 1.165) is 11.5 Å². The van der Waals surface area contributed by atoms with Gasteiger partial charge in [-0.05, 0) is 12.1 Å². The summed E-state index contributed by atoms with van der Waals surface area (Å²) in [5.74, 6) is 1.64. The van der Waals surface area contributed by atoms with Crippen molar-refractivity contribution in [2.45, 2.75) is 0 Å². The second-order valence-corrected chi connectivity index (χ2v) is 5.16. The molecule has 2 N–H and O–H groups in total. The molecule has 96 valence electrons. The van der Waals surface area contributed by atoms with Crippen molar-refractivity contribution in [3.05, 3.63) is 33.9 Å². The van der Waals surface area contributed by atoms with Gasteiger partial charge in [0.2, 0.25) is 0 Å². The SMILES string of the molecule is Nc1ccc(C(=O)N2CCSCC2)cc1[N+](=O)[O-]. The molecule has 0 bridgehead atoms. The number of nitro groups is 1. The number of hydrogen-bond acceptors (Lipinski definition) is 5. The topological polar surface area (TPSA) is 89.5 Å². The van der Waals surface area contributed by atoms with Crippen molar-refractivity contribution in [2.75, 3.05) is 30.3 Å². The Morgan fingerprint density at radius 3 is 2.67 bits per heavy atom. The van der Waals surface area contributed by atoms with Crippen LogP contribution in [0.3, 0.4) is 0 Å². The van der Waals surface area contributed by atoms with Crippen LogP contribution in [0.5, 0.6) is 0 Å². The van der Waals surface area contributed by atoms with Crippen molar-refractivity contribution >= 4 is 29.0 Å². The monoisotopic (exact) mass is 267 g/mol. The van der Waals surface area contributed by atoms with E-state index in [9.17, 15) is 14.9 Å². The van der Waals surface area contributed by atoms with Crippen LogP contribution in [0.15, 0.2) is 18.2 Å². The molecule has 0 spiro atoms. The molecule has 0 aliphatic carbocycles. The third-order valence-electron chi connectivity index (χ3n) is 2.77. The Bertz CT molecular complexity index is 486. The van der Waals surface area contributed by atoms with Crippen LogP contribution in [0, 0.1) is 10.1 Å². The largest absolute Gasteiger partial charge is 0.393 e. The van der Waals surface area contributed by atoms with Crippen LogP contribution >= 0.6 is 11.8 Å². The molecule has 1 aliphatic rings. The maximum absolute atomic E-state index is 12.1. The number of rotatable bonds is 2. The second kappa shape index (κ2) is 5.26. The normalized spacial score (nSPS) is 15.4. The number of thioether (sulfide) groups is 1. The first kappa shape index (κ1) is 12.7. The van der Waals surface area contributed by atoms with Crippen molar-refractivity contribution in [1.29, 1.82) is 0 Å². The number of anilines is 1. The van der Waals surface area contributed by atoms with Crippen LogP contribution in [0.2, 0.25) is 0 Å². The van der Waals surface area contributed by atoms with E-state index in [2.05, 4.69) is 0 Å². The Hall–Kier alpha value is -1.76. The second-order valence-electron chi connectivity index (χ2n) is 3.94. The highest BCUT2D eigenvalue weighted by Gasteiger charge is 2.21.